The van der Waals surface area contributed by atoms with Gasteiger partial charge < -0.3 is 10.0 Å². The van der Waals surface area contributed by atoms with Crippen molar-refractivity contribution in [3.63, 3.8) is 0 Å². The quantitative estimate of drug-likeness (QED) is 0.801. The van der Waals surface area contributed by atoms with Crippen LogP contribution in [0.1, 0.15) is 12.5 Å². The third-order valence-corrected chi connectivity index (χ3v) is 2.87. The Hall–Kier alpha value is -1.16. The minimum Gasteiger partial charge on any atom is -0.465 e. The predicted octanol–water partition coefficient (Wildman–Crippen LogP) is 2.91. The molecule has 0 aliphatic rings. The Labute approximate surface area is 94.1 Å². The summed E-state index contributed by atoms with van der Waals surface area (Å²) in [6.07, 6.45) is -0.901. The average Bonchev–Trinajstić information content (AvgIpc) is 2.21. The Morgan fingerprint density at radius 3 is 2.47 bits per heavy atom. The summed E-state index contributed by atoms with van der Waals surface area (Å²) < 4.78 is 0. The molecule has 1 amide bonds. The lowest BCUT2D eigenvalue weighted by atomic mass is 10.2. The van der Waals surface area contributed by atoms with Gasteiger partial charge in [-0.15, -0.1) is 11.8 Å². The summed E-state index contributed by atoms with van der Waals surface area (Å²) in [4.78, 5) is 13.1. The van der Waals surface area contributed by atoms with Crippen LogP contribution in [0.2, 0.25) is 0 Å². The molecule has 0 fully saturated rings. The lowest BCUT2D eigenvalue weighted by Crippen LogP contribution is -2.23. The number of nitrogens with zero attached hydrogens (tertiary/aromatic N) is 1. The van der Waals surface area contributed by atoms with Gasteiger partial charge in [0.2, 0.25) is 0 Å². The van der Waals surface area contributed by atoms with Gasteiger partial charge in [0, 0.05) is 18.5 Å². The van der Waals surface area contributed by atoms with Crippen LogP contribution in [-0.2, 0) is 6.54 Å². The molecule has 82 valence electrons. The molecular formula is C11H15NO2S. The molecule has 0 unspecified atom stereocenters. The highest BCUT2D eigenvalue weighted by Crippen LogP contribution is 2.18. The van der Waals surface area contributed by atoms with Crippen LogP contribution in [-0.4, -0.2) is 28.9 Å². The molecule has 0 saturated heterocycles. The van der Waals surface area contributed by atoms with Gasteiger partial charge in [-0.25, -0.2) is 4.79 Å². The molecule has 0 heterocycles. The molecule has 1 aromatic rings. The molecule has 15 heavy (non-hydrogen) atoms. The summed E-state index contributed by atoms with van der Waals surface area (Å²) in [5.74, 6) is 1.05. The van der Waals surface area contributed by atoms with Gasteiger partial charge in [-0.05, 0) is 23.4 Å². The first-order chi connectivity index (χ1) is 7.13. The van der Waals surface area contributed by atoms with Gasteiger partial charge in [0.1, 0.15) is 0 Å². The maximum atomic E-state index is 10.6. The van der Waals surface area contributed by atoms with Crippen molar-refractivity contribution in [2.45, 2.75) is 18.4 Å². The van der Waals surface area contributed by atoms with Crippen molar-refractivity contribution in [3.8, 4) is 0 Å². The average molecular weight is 225 g/mol. The molecule has 1 aromatic carbocycles. The van der Waals surface area contributed by atoms with E-state index in [0.717, 1.165) is 11.3 Å². The Bertz CT molecular complexity index is 324. The van der Waals surface area contributed by atoms with E-state index in [1.807, 2.05) is 24.3 Å². The number of benzene rings is 1. The van der Waals surface area contributed by atoms with E-state index in [2.05, 4.69) is 6.92 Å². The van der Waals surface area contributed by atoms with E-state index >= 15 is 0 Å². The van der Waals surface area contributed by atoms with Crippen LogP contribution >= 0.6 is 11.8 Å². The Morgan fingerprint density at radius 1 is 1.40 bits per heavy atom. The van der Waals surface area contributed by atoms with E-state index in [1.54, 1.807) is 18.8 Å². The third kappa shape index (κ3) is 3.83. The van der Waals surface area contributed by atoms with E-state index in [4.69, 9.17) is 5.11 Å². The SMILES string of the molecule is CCSc1ccc(CN(C)C(=O)O)cc1. The van der Waals surface area contributed by atoms with Crippen molar-refractivity contribution < 1.29 is 9.90 Å². The summed E-state index contributed by atoms with van der Waals surface area (Å²) in [5, 5.41) is 8.70. The smallest absolute Gasteiger partial charge is 0.407 e. The monoisotopic (exact) mass is 225 g/mol. The molecule has 0 saturated carbocycles. The second-order valence-corrected chi connectivity index (χ2v) is 4.55. The van der Waals surface area contributed by atoms with Crippen molar-refractivity contribution >= 4 is 17.9 Å². The third-order valence-electron chi connectivity index (χ3n) is 1.98. The van der Waals surface area contributed by atoms with Gasteiger partial charge in [0.05, 0.1) is 0 Å². The van der Waals surface area contributed by atoms with Crippen LogP contribution in [0.15, 0.2) is 29.2 Å². The highest BCUT2D eigenvalue weighted by molar-refractivity contribution is 7.99. The number of amides is 1. The maximum absolute atomic E-state index is 10.6. The molecule has 1 N–H and O–H groups in total. The first kappa shape index (κ1) is 11.9. The fraction of sp³-hybridized carbons (Fsp3) is 0.364. The number of carboxylic acid groups (broad SMARTS) is 1. The Morgan fingerprint density at radius 2 is 2.00 bits per heavy atom. The standard InChI is InChI=1S/C11H15NO2S/c1-3-15-10-6-4-9(5-7-10)8-12(2)11(13)14/h4-7H,3,8H2,1-2H3,(H,13,14). The van der Waals surface area contributed by atoms with Crippen molar-refractivity contribution in [3.05, 3.63) is 29.8 Å². The lowest BCUT2D eigenvalue weighted by Gasteiger charge is -2.12. The second-order valence-electron chi connectivity index (χ2n) is 3.22. The van der Waals surface area contributed by atoms with Crippen LogP contribution < -0.4 is 0 Å². The van der Waals surface area contributed by atoms with E-state index in [-0.39, 0.29) is 0 Å². The number of hydrogen-bond donors (Lipinski definition) is 1. The van der Waals surface area contributed by atoms with Crippen LogP contribution in [0, 0.1) is 0 Å². The van der Waals surface area contributed by atoms with Gasteiger partial charge in [0.15, 0.2) is 0 Å². The normalized spacial score (nSPS) is 10.0. The maximum Gasteiger partial charge on any atom is 0.407 e. The second kappa shape index (κ2) is 5.66. The molecule has 0 aliphatic heterocycles. The summed E-state index contributed by atoms with van der Waals surface area (Å²) in [7, 11) is 1.57. The summed E-state index contributed by atoms with van der Waals surface area (Å²) >= 11 is 1.78. The molecule has 0 bridgehead atoms. The van der Waals surface area contributed by atoms with E-state index in [9.17, 15) is 4.79 Å². The van der Waals surface area contributed by atoms with Gasteiger partial charge in [-0.2, -0.15) is 0 Å². The van der Waals surface area contributed by atoms with Gasteiger partial charge in [0.25, 0.3) is 0 Å². The highest BCUT2D eigenvalue weighted by atomic mass is 32.2. The molecular weight excluding hydrogens is 210 g/mol. The van der Waals surface area contributed by atoms with Crippen molar-refractivity contribution in [2.24, 2.45) is 0 Å². The zero-order valence-corrected chi connectivity index (χ0v) is 9.75. The Balaban J connectivity index is 2.60. The van der Waals surface area contributed by atoms with Crippen molar-refractivity contribution in [1.82, 2.24) is 4.90 Å². The van der Waals surface area contributed by atoms with Crippen LogP contribution in [0.4, 0.5) is 4.79 Å². The number of rotatable bonds is 4. The summed E-state index contributed by atoms with van der Waals surface area (Å²) in [5.41, 5.74) is 1.01. The largest absolute Gasteiger partial charge is 0.465 e. The minimum atomic E-state index is -0.901. The first-order valence-electron chi connectivity index (χ1n) is 4.79. The van der Waals surface area contributed by atoms with E-state index < -0.39 is 6.09 Å². The van der Waals surface area contributed by atoms with Crippen LogP contribution in [0.25, 0.3) is 0 Å². The molecule has 4 heteroatoms. The molecule has 0 aliphatic carbocycles. The highest BCUT2D eigenvalue weighted by Gasteiger charge is 2.05. The topological polar surface area (TPSA) is 40.5 Å². The number of carbonyl (C=O) groups is 1. The van der Waals surface area contributed by atoms with Gasteiger partial charge >= 0.3 is 6.09 Å². The van der Waals surface area contributed by atoms with Gasteiger partial charge in [-0.3, -0.25) is 0 Å². The predicted molar refractivity (Wildman–Crippen MR) is 62.3 cm³/mol. The Kier molecular flexibility index (Phi) is 4.49. The van der Waals surface area contributed by atoms with Gasteiger partial charge in [-0.1, -0.05) is 19.1 Å². The van der Waals surface area contributed by atoms with E-state index in [0.29, 0.717) is 6.54 Å². The lowest BCUT2D eigenvalue weighted by molar-refractivity contribution is 0.153. The number of hydrogen-bond acceptors (Lipinski definition) is 2. The number of thioether (sulfide) groups is 1. The van der Waals surface area contributed by atoms with Crippen molar-refractivity contribution in [2.75, 3.05) is 12.8 Å². The van der Waals surface area contributed by atoms with Crippen molar-refractivity contribution in [1.29, 1.82) is 0 Å². The molecule has 0 aromatic heterocycles. The van der Waals surface area contributed by atoms with Crippen LogP contribution in [0.5, 0.6) is 0 Å². The molecule has 0 atom stereocenters. The zero-order chi connectivity index (χ0) is 11.3. The summed E-state index contributed by atoms with van der Waals surface area (Å²) in [6, 6.07) is 7.99. The molecule has 3 nitrogen and oxygen atoms in total. The molecule has 0 spiro atoms. The van der Waals surface area contributed by atoms with E-state index in [1.165, 1.54) is 9.80 Å². The van der Waals surface area contributed by atoms with Crippen LogP contribution in [0.3, 0.4) is 0 Å². The fourth-order valence-electron chi connectivity index (χ4n) is 1.20. The first-order valence-corrected chi connectivity index (χ1v) is 5.78. The zero-order valence-electron chi connectivity index (χ0n) is 8.93. The molecule has 1 rings (SSSR count). The summed E-state index contributed by atoms with van der Waals surface area (Å²) in [6.45, 7) is 2.54. The fourth-order valence-corrected chi connectivity index (χ4v) is 1.86. The molecule has 0 radical (unpaired) electrons. The minimum absolute atomic E-state index is 0.437.